The van der Waals surface area contributed by atoms with E-state index in [1.165, 1.54) is 10.1 Å². The Morgan fingerprint density at radius 1 is 1.35 bits per heavy atom. The van der Waals surface area contributed by atoms with Crippen LogP contribution in [-0.2, 0) is 13.6 Å². The molecule has 2 aromatic heterocycles. The number of fused-ring (bicyclic) bond motifs is 1. The van der Waals surface area contributed by atoms with Crippen LogP contribution in [-0.4, -0.2) is 15.0 Å². The van der Waals surface area contributed by atoms with Gasteiger partial charge in [-0.15, -0.1) is 16.4 Å². The Labute approximate surface area is 103 Å². The van der Waals surface area contributed by atoms with Crippen molar-refractivity contribution in [1.82, 2.24) is 15.0 Å². The second-order valence-corrected chi connectivity index (χ2v) is 4.82. The van der Waals surface area contributed by atoms with Crippen LogP contribution in [0.15, 0.2) is 35.8 Å². The number of hydrogen-bond donors (Lipinski definition) is 1. The van der Waals surface area contributed by atoms with Crippen molar-refractivity contribution >= 4 is 27.1 Å². The number of thiophene rings is 1. The van der Waals surface area contributed by atoms with E-state index >= 15 is 0 Å². The maximum Gasteiger partial charge on any atom is 0.0774 e. The summed E-state index contributed by atoms with van der Waals surface area (Å²) in [6.07, 6.45) is 1.77. The lowest BCUT2D eigenvalue weighted by molar-refractivity contribution is 0.683. The highest BCUT2D eigenvalue weighted by Gasteiger charge is 2.00. The van der Waals surface area contributed by atoms with E-state index in [4.69, 9.17) is 0 Å². The van der Waals surface area contributed by atoms with Crippen molar-refractivity contribution in [3.63, 3.8) is 0 Å². The highest BCUT2D eigenvalue weighted by molar-refractivity contribution is 7.17. The van der Waals surface area contributed by atoms with Gasteiger partial charge in [0.05, 0.1) is 18.4 Å². The molecule has 0 atom stereocenters. The van der Waals surface area contributed by atoms with Gasteiger partial charge < -0.3 is 5.32 Å². The normalized spacial score (nSPS) is 10.9. The van der Waals surface area contributed by atoms with E-state index in [0.717, 1.165) is 17.9 Å². The number of aryl methyl sites for hydroxylation is 1. The molecule has 1 aromatic carbocycles. The van der Waals surface area contributed by atoms with Crippen LogP contribution >= 0.6 is 11.3 Å². The van der Waals surface area contributed by atoms with Crippen LogP contribution in [0.5, 0.6) is 0 Å². The van der Waals surface area contributed by atoms with Gasteiger partial charge in [-0.05, 0) is 35.0 Å². The molecule has 2 heterocycles. The van der Waals surface area contributed by atoms with Crippen LogP contribution in [0.1, 0.15) is 5.69 Å². The molecule has 3 rings (SSSR count). The molecule has 0 aliphatic rings. The van der Waals surface area contributed by atoms with Crippen LogP contribution in [0, 0.1) is 0 Å². The van der Waals surface area contributed by atoms with Gasteiger partial charge in [0.2, 0.25) is 0 Å². The maximum atomic E-state index is 3.90. The first-order valence-electron chi connectivity index (χ1n) is 5.37. The van der Waals surface area contributed by atoms with Gasteiger partial charge in [0.1, 0.15) is 0 Å². The fraction of sp³-hybridized carbons (Fsp3) is 0.167. The smallest absolute Gasteiger partial charge is 0.0774 e. The molecule has 0 aliphatic heterocycles. The number of rotatable bonds is 3. The van der Waals surface area contributed by atoms with Crippen molar-refractivity contribution in [2.24, 2.45) is 7.05 Å². The summed E-state index contributed by atoms with van der Waals surface area (Å²) in [5.41, 5.74) is 2.19. The highest BCUT2D eigenvalue weighted by Crippen LogP contribution is 2.24. The molecule has 17 heavy (non-hydrogen) atoms. The van der Waals surface area contributed by atoms with E-state index in [1.54, 1.807) is 22.2 Å². The maximum absolute atomic E-state index is 3.90. The minimum atomic E-state index is 0.735. The summed E-state index contributed by atoms with van der Waals surface area (Å²) < 4.78 is 3.09. The Morgan fingerprint density at radius 3 is 3.12 bits per heavy atom. The molecule has 4 nitrogen and oxygen atoms in total. The summed E-state index contributed by atoms with van der Waals surface area (Å²) >= 11 is 1.76. The van der Waals surface area contributed by atoms with E-state index < -0.39 is 0 Å². The summed E-state index contributed by atoms with van der Waals surface area (Å²) in [7, 11) is 1.89. The number of hydrogen-bond acceptors (Lipinski definition) is 4. The summed E-state index contributed by atoms with van der Waals surface area (Å²) in [5, 5.41) is 14.5. The zero-order valence-electron chi connectivity index (χ0n) is 9.42. The third kappa shape index (κ3) is 2.01. The number of nitrogens with zero attached hydrogens (tertiary/aromatic N) is 3. The molecule has 5 heteroatoms. The lowest BCUT2D eigenvalue weighted by atomic mass is 10.2. The van der Waals surface area contributed by atoms with Crippen molar-refractivity contribution in [1.29, 1.82) is 0 Å². The Hall–Kier alpha value is -1.88. The Balaban J connectivity index is 1.78. The topological polar surface area (TPSA) is 42.7 Å². The van der Waals surface area contributed by atoms with Crippen LogP contribution in [0.2, 0.25) is 0 Å². The minimum Gasteiger partial charge on any atom is -0.379 e. The molecule has 1 N–H and O–H groups in total. The van der Waals surface area contributed by atoms with Crippen LogP contribution in [0.4, 0.5) is 5.69 Å². The molecule has 0 spiro atoms. The Kier molecular flexibility index (Phi) is 2.53. The third-order valence-corrected chi connectivity index (χ3v) is 3.63. The summed E-state index contributed by atoms with van der Waals surface area (Å²) in [5.74, 6) is 0. The average molecular weight is 244 g/mol. The van der Waals surface area contributed by atoms with Crippen molar-refractivity contribution in [2.45, 2.75) is 6.54 Å². The zero-order valence-corrected chi connectivity index (χ0v) is 10.2. The monoisotopic (exact) mass is 244 g/mol. The largest absolute Gasteiger partial charge is 0.379 e. The van der Waals surface area contributed by atoms with Gasteiger partial charge in [0.15, 0.2) is 0 Å². The van der Waals surface area contributed by atoms with Crippen molar-refractivity contribution in [3.8, 4) is 0 Å². The lowest BCUT2D eigenvalue weighted by Gasteiger charge is -2.06. The first-order chi connectivity index (χ1) is 8.33. The average Bonchev–Trinajstić information content (AvgIpc) is 2.94. The van der Waals surface area contributed by atoms with E-state index in [2.05, 4.69) is 45.3 Å². The van der Waals surface area contributed by atoms with Gasteiger partial charge in [-0.1, -0.05) is 5.21 Å². The fourth-order valence-corrected chi connectivity index (χ4v) is 2.51. The molecule has 3 aromatic rings. The van der Waals surface area contributed by atoms with Crippen molar-refractivity contribution in [2.75, 3.05) is 5.32 Å². The van der Waals surface area contributed by atoms with Crippen LogP contribution in [0.3, 0.4) is 0 Å². The summed E-state index contributed by atoms with van der Waals surface area (Å²) in [6.45, 7) is 0.735. The molecule has 0 aliphatic carbocycles. The molecule has 0 bridgehead atoms. The quantitative estimate of drug-likeness (QED) is 0.770. The summed E-state index contributed by atoms with van der Waals surface area (Å²) in [4.78, 5) is 0. The number of aromatic nitrogens is 3. The molecule has 86 valence electrons. The first-order valence-corrected chi connectivity index (χ1v) is 6.25. The van der Waals surface area contributed by atoms with Gasteiger partial charge in [0, 0.05) is 17.4 Å². The van der Waals surface area contributed by atoms with Gasteiger partial charge in [-0.25, -0.2) is 0 Å². The van der Waals surface area contributed by atoms with Gasteiger partial charge in [-0.2, -0.15) is 0 Å². The third-order valence-electron chi connectivity index (χ3n) is 2.73. The zero-order chi connectivity index (χ0) is 11.7. The molecular formula is C12H12N4S. The second kappa shape index (κ2) is 4.18. The van der Waals surface area contributed by atoms with Gasteiger partial charge in [-0.3, -0.25) is 4.68 Å². The molecule has 0 amide bonds. The van der Waals surface area contributed by atoms with E-state index in [1.807, 2.05) is 7.05 Å². The second-order valence-electron chi connectivity index (χ2n) is 3.88. The first kappa shape index (κ1) is 10.3. The molecule has 0 radical (unpaired) electrons. The van der Waals surface area contributed by atoms with E-state index in [9.17, 15) is 0 Å². The van der Waals surface area contributed by atoms with E-state index in [0.29, 0.717) is 0 Å². The molecule has 0 fully saturated rings. The van der Waals surface area contributed by atoms with Crippen molar-refractivity contribution in [3.05, 3.63) is 41.5 Å². The van der Waals surface area contributed by atoms with E-state index in [-0.39, 0.29) is 0 Å². The molecule has 0 saturated carbocycles. The predicted molar refractivity (Wildman–Crippen MR) is 70.2 cm³/mol. The molecule has 0 saturated heterocycles. The standard InChI is InChI=1S/C12H12N4S/c1-16-11(8-14-15-16)7-13-10-2-3-12-9(6-10)4-5-17-12/h2-6,8,13H,7H2,1H3. The van der Waals surface area contributed by atoms with Crippen LogP contribution in [0.25, 0.3) is 10.1 Å². The Bertz CT molecular complexity index is 641. The number of benzene rings is 1. The Morgan fingerprint density at radius 2 is 2.29 bits per heavy atom. The van der Waals surface area contributed by atoms with Crippen molar-refractivity contribution < 1.29 is 0 Å². The number of nitrogens with one attached hydrogen (secondary N) is 1. The number of anilines is 1. The van der Waals surface area contributed by atoms with Crippen LogP contribution < -0.4 is 5.32 Å². The van der Waals surface area contributed by atoms with Gasteiger partial charge in [0.25, 0.3) is 0 Å². The molecular weight excluding hydrogens is 232 g/mol. The minimum absolute atomic E-state index is 0.735. The predicted octanol–water partition coefficient (Wildman–Crippen LogP) is 2.64. The van der Waals surface area contributed by atoms with Gasteiger partial charge >= 0.3 is 0 Å². The molecule has 0 unspecified atom stereocenters. The lowest BCUT2D eigenvalue weighted by Crippen LogP contribution is -2.05. The fourth-order valence-electron chi connectivity index (χ4n) is 1.74. The summed E-state index contributed by atoms with van der Waals surface area (Å²) in [6, 6.07) is 8.54. The highest BCUT2D eigenvalue weighted by atomic mass is 32.1. The SMILES string of the molecule is Cn1nncc1CNc1ccc2sccc2c1.